The quantitative estimate of drug-likeness (QED) is 0.600. The van der Waals surface area contributed by atoms with E-state index >= 15 is 0 Å². The van der Waals surface area contributed by atoms with Crippen molar-refractivity contribution in [3.8, 4) is 5.75 Å². The number of rotatable bonds is 5. The molecule has 7 nitrogen and oxygen atoms in total. The summed E-state index contributed by atoms with van der Waals surface area (Å²) in [5.41, 5.74) is 2.47. The fourth-order valence-corrected chi connectivity index (χ4v) is 5.72. The van der Waals surface area contributed by atoms with E-state index in [0.29, 0.717) is 30.9 Å². The molecular formula is C28H34N4O3. The third-order valence-corrected chi connectivity index (χ3v) is 7.54. The minimum atomic E-state index is -0.157. The molecule has 1 aromatic heterocycles. The number of amides is 2. The van der Waals surface area contributed by atoms with Crippen LogP contribution in [0.5, 0.6) is 5.75 Å². The second-order valence-corrected chi connectivity index (χ2v) is 9.89. The monoisotopic (exact) mass is 474 g/mol. The van der Waals surface area contributed by atoms with Crippen LogP contribution in [0.25, 0.3) is 10.9 Å². The Labute approximate surface area is 206 Å². The number of methoxy groups -OCH3 is 1. The first kappa shape index (κ1) is 23.4. The van der Waals surface area contributed by atoms with Crippen molar-refractivity contribution >= 4 is 22.7 Å². The minimum Gasteiger partial charge on any atom is -0.497 e. The molecule has 3 aromatic rings. The van der Waals surface area contributed by atoms with E-state index in [0.717, 1.165) is 35.1 Å². The topological polar surface area (TPSA) is 68.9 Å². The maximum Gasteiger partial charge on any atom is 0.270 e. The Bertz CT molecular complexity index is 1200. The molecule has 2 saturated heterocycles. The fraction of sp³-hybridized carbons (Fsp3) is 0.429. The predicted molar refractivity (Wildman–Crippen MR) is 136 cm³/mol. The number of hydrogen-bond donors (Lipinski definition) is 1. The Morgan fingerprint density at radius 2 is 1.80 bits per heavy atom. The molecule has 2 fully saturated rings. The molecule has 0 spiro atoms. The smallest absolute Gasteiger partial charge is 0.270 e. The molecule has 3 heterocycles. The van der Waals surface area contributed by atoms with Crippen molar-refractivity contribution in [1.82, 2.24) is 19.7 Å². The second kappa shape index (κ2) is 9.74. The molecule has 2 aliphatic heterocycles. The van der Waals surface area contributed by atoms with Gasteiger partial charge in [-0.05, 0) is 56.5 Å². The highest BCUT2D eigenvalue weighted by molar-refractivity contribution is 6.00. The molecular weight excluding hydrogens is 440 g/mol. The predicted octanol–water partition coefficient (Wildman–Crippen LogP) is 4.25. The van der Waals surface area contributed by atoms with Crippen LogP contribution in [-0.2, 0) is 11.3 Å². The van der Waals surface area contributed by atoms with Crippen LogP contribution in [0.2, 0.25) is 0 Å². The van der Waals surface area contributed by atoms with Crippen LogP contribution in [0.4, 0.5) is 0 Å². The fourth-order valence-electron chi connectivity index (χ4n) is 5.72. The zero-order valence-corrected chi connectivity index (χ0v) is 20.7. The summed E-state index contributed by atoms with van der Waals surface area (Å²) >= 11 is 0. The summed E-state index contributed by atoms with van der Waals surface area (Å²) < 4.78 is 5.32. The number of carbonyl (C=O) groups excluding carboxylic acids is 2. The average molecular weight is 475 g/mol. The summed E-state index contributed by atoms with van der Waals surface area (Å²) in [6.45, 7) is 5.61. The largest absolute Gasteiger partial charge is 0.497 e. The number of piperazine rings is 1. The molecule has 0 aliphatic carbocycles. The van der Waals surface area contributed by atoms with Crippen molar-refractivity contribution in [2.45, 2.75) is 57.9 Å². The molecule has 184 valence electrons. The van der Waals surface area contributed by atoms with Crippen LogP contribution in [0.1, 0.15) is 49.2 Å². The van der Waals surface area contributed by atoms with Crippen LogP contribution < -0.4 is 4.74 Å². The third kappa shape index (κ3) is 4.65. The Morgan fingerprint density at radius 1 is 1.06 bits per heavy atom. The SMILES string of the molecule is COc1ccc2[nH]c(C(=O)N3CC(=O)N(Cc4ccccc4)[C@@H](N4[C@H](C)CCC[C@@H]4C)C3)cc2c1. The van der Waals surface area contributed by atoms with Gasteiger partial charge in [0.25, 0.3) is 5.91 Å². The summed E-state index contributed by atoms with van der Waals surface area (Å²) in [5.74, 6) is 0.588. The molecule has 0 saturated carbocycles. The molecule has 3 atom stereocenters. The average Bonchev–Trinajstić information content (AvgIpc) is 3.29. The van der Waals surface area contributed by atoms with E-state index in [1.54, 1.807) is 12.0 Å². The van der Waals surface area contributed by atoms with Gasteiger partial charge in [-0.25, -0.2) is 0 Å². The minimum absolute atomic E-state index is 0.0128. The number of aromatic nitrogens is 1. The number of aromatic amines is 1. The highest BCUT2D eigenvalue weighted by Gasteiger charge is 2.42. The van der Waals surface area contributed by atoms with E-state index in [9.17, 15) is 9.59 Å². The molecule has 0 radical (unpaired) electrons. The van der Waals surface area contributed by atoms with Crippen LogP contribution >= 0.6 is 0 Å². The number of fused-ring (bicyclic) bond motifs is 1. The number of nitrogens with one attached hydrogen (secondary N) is 1. The Hall–Kier alpha value is -3.32. The molecule has 2 aliphatic rings. The lowest BCUT2D eigenvalue weighted by atomic mass is 9.95. The van der Waals surface area contributed by atoms with E-state index in [4.69, 9.17) is 4.74 Å². The van der Waals surface area contributed by atoms with Crippen LogP contribution in [-0.4, -0.2) is 69.9 Å². The number of likely N-dealkylation sites (tertiary alicyclic amines) is 1. The number of ether oxygens (including phenoxy) is 1. The van der Waals surface area contributed by atoms with Gasteiger partial charge >= 0.3 is 0 Å². The molecule has 1 N–H and O–H groups in total. The normalized spacial score (nSPS) is 23.6. The van der Waals surface area contributed by atoms with Crippen LogP contribution in [0.15, 0.2) is 54.6 Å². The third-order valence-electron chi connectivity index (χ3n) is 7.54. The first-order valence-electron chi connectivity index (χ1n) is 12.5. The molecule has 2 amide bonds. The Kier molecular flexibility index (Phi) is 6.52. The summed E-state index contributed by atoms with van der Waals surface area (Å²) in [6, 6.07) is 18.4. The van der Waals surface area contributed by atoms with Gasteiger partial charge < -0.3 is 19.5 Å². The molecule has 0 bridgehead atoms. The van der Waals surface area contributed by atoms with E-state index in [1.165, 1.54) is 6.42 Å². The van der Waals surface area contributed by atoms with E-state index in [1.807, 2.05) is 47.4 Å². The highest BCUT2D eigenvalue weighted by Crippen LogP contribution is 2.30. The number of benzene rings is 2. The van der Waals surface area contributed by atoms with Gasteiger partial charge in [0.2, 0.25) is 5.91 Å². The van der Waals surface area contributed by atoms with Crippen LogP contribution in [0.3, 0.4) is 0 Å². The van der Waals surface area contributed by atoms with Crippen LogP contribution in [0, 0.1) is 0 Å². The molecule has 5 rings (SSSR count). The first-order chi connectivity index (χ1) is 16.9. The standard InChI is InChI=1S/C28H34N4O3/c1-19-8-7-9-20(2)32(19)26-17-30(18-27(33)31(26)16-21-10-5-4-6-11-21)28(34)25-15-22-14-23(35-3)12-13-24(22)29-25/h4-6,10-15,19-20,26,29H,7-9,16-18H2,1-3H3/t19-,20+,26-/m0/s1. The second-order valence-electron chi connectivity index (χ2n) is 9.89. The van der Waals surface area contributed by atoms with Crippen molar-refractivity contribution < 1.29 is 14.3 Å². The highest BCUT2D eigenvalue weighted by atomic mass is 16.5. The Balaban J connectivity index is 1.44. The van der Waals surface area contributed by atoms with E-state index < -0.39 is 0 Å². The summed E-state index contributed by atoms with van der Waals surface area (Å²) in [7, 11) is 1.63. The zero-order valence-electron chi connectivity index (χ0n) is 20.7. The van der Waals surface area contributed by atoms with Gasteiger partial charge in [0.15, 0.2) is 0 Å². The van der Waals surface area contributed by atoms with Crippen molar-refractivity contribution in [2.24, 2.45) is 0 Å². The molecule has 0 unspecified atom stereocenters. The van der Waals surface area contributed by atoms with Gasteiger partial charge in [0, 0.05) is 29.5 Å². The van der Waals surface area contributed by atoms with Gasteiger partial charge in [0.1, 0.15) is 24.2 Å². The maximum atomic E-state index is 13.6. The molecule has 7 heteroatoms. The summed E-state index contributed by atoms with van der Waals surface area (Å²) in [6.07, 6.45) is 3.24. The summed E-state index contributed by atoms with van der Waals surface area (Å²) in [4.78, 5) is 36.5. The lowest BCUT2D eigenvalue weighted by molar-refractivity contribution is -0.151. The van der Waals surface area contributed by atoms with Gasteiger partial charge in [-0.2, -0.15) is 0 Å². The number of carbonyl (C=O) groups is 2. The van der Waals surface area contributed by atoms with Gasteiger partial charge in [-0.3, -0.25) is 14.5 Å². The van der Waals surface area contributed by atoms with Crippen molar-refractivity contribution in [3.63, 3.8) is 0 Å². The van der Waals surface area contributed by atoms with E-state index in [-0.39, 0.29) is 24.5 Å². The Morgan fingerprint density at radius 3 is 2.51 bits per heavy atom. The first-order valence-corrected chi connectivity index (χ1v) is 12.5. The molecule has 2 aromatic carbocycles. The van der Waals surface area contributed by atoms with Gasteiger partial charge in [-0.15, -0.1) is 0 Å². The van der Waals surface area contributed by atoms with E-state index in [2.05, 4.69) is 35.9 Å². The van der Waals surface area contributed by atoms with Crippen molar-refractivity contribution in [3.05, 3.63) is 65.9 Å². The number of nitrogens with zero attached hydrogens (tertiary/aromatic N) is 3. The zero-order chi connectivity index (χ0) is 24.5. The lowest BCUT2D eigenvalue weighted by Crippen LogP contribution is -2.66. The lowest BCUT2D eigenvalue weighted by Gasteiger charge is -2.51. The van der Waals surface area contributed by atoms with Crippen molar-refractivity contribution in [1.29, 1.82) is 0 Å². The number of piperidine rings is 1. The molecule has 35 heavy (non-hydrogen) atoms. The summed E-state index contributed by atoms with van der Waals surface area (Å²) in [5, 5.41) is 0.913. The number of hydrogen-bond acceptors (Lipinski definition) is 4. The van der Waals surface area contributed by atoms with Gasteiger partial charge in [0.05, 0.1) is 13.7 Å². The maximum absolute atomic E-state index is 13.6. The van der Waals surface area contributed by atoms with Gasteiger partial charge in [-0.1, -0.05) is 36.8 Å². The number of H-pyrrole nitrogens is 1. The van der Waals surface area contributed by atoms with Crippen molar-refractivity contribution in [2.75, 3.05) is 20.2 Å².